The predicted molar refractivity (Wildman–Crippen MR) is 228 cm³/mol. The van der Waals surface area contributed by atoms with Crippen LogP contribution in [0.1, 0.15) is 22.3 Å². The van der Waals surface area contributed by atoms with Crippen molar-refractivity contribution in [1.82, 2.24) is 15.0 Å². The molecule has 1 aliphatic carbocycles. The third-order valence-corrected chi connectivity index (χ3v) is 12.4. The quantitative estimate of drug-likeness (QED) is 0.177. The van der Waals surface area contributed by atoms with Gasteiger partial charge in [0.25, 0.3) is 0 Å². The van der Waals surface area contributed by atoms with Crippen LogP contribution in [0.5, 0.6) is 0 Å². The van der Waals surface area contributed by atoms with Crippen molar-refractivity contribution in [3.63, 3.8) is 0 Å². The Labute approximate surface area is 330 Å². The molecular formula is C52H33N3S. The first-order valence-corrected chi connectivity index (χ1v) is 19.8. The molecule has 0 amide bonds. The molecule has 0 unspecified atom stereocenters. The molecule has 0 saturated heterocycles. The van der Waals surface area contributed by atoms with E-state index in [0.29, 0.717) is 17.5 Å². The molecule has 2 aliphatic rings. The number of rotatable bonds is 5. The van der Waals surface area contributed by atoms with E-state index in [1.54, 1.807) is 0 Å². The molecule has 4 heteroatoms. The van der Waals surface area contributed by atoms with Crippen molar-refractivity contribution < 1.29 is 0 Å². The Balaban J connectivity index is 1.03. The first kappa shape index (κ1) is 32.5. The van der Waals surface area contributed by atoms with Crippen molar-refractivity contribution in [2.24, 2.45) is 0 Å². The average molecular weight is 732 g/mol. The van der Waals surface area contributed by atoms with Gasteiger partial charge in [-0.2, -0.15) is 0 Å². The van der Waals surface area contributed by atoms with E-state index in [9.17, 15) is 0 Å². The number of benzene rings is 8. The van der Waals surface area contributed by atoms with Crippen molar-refractivity contribution in [1.29, 1.82) is 0 Å². The van der Waals surface area contributed by atoms with E-state index in [-0.39, 0.29) is 0 Å². The number of nitrogens with zero attached hydrogens (tertiary/aromatic N) is 3. The van der Waals surface area contributed by atoms with Crippen LogP contribution >= 0.6 is 11.8 Å². The molecule has 1 aliphatic heterocycles. The predicted octanol–water partition coefficient (Wildman–Crippen LogP) is 13.0. The standard InChI is InChI=1S/C52H33N3S/c1-3-14-34(15-4-1)35-26-30-38(31-27-35)50-53-49(37-16-5-2-6-17-37)54-51(55-50)39-32-28-36(29-33-39)40-19-13-23-45-48(40)41-18-7-8-20-42(41)52(45)43-21-9-11-24-46(43)56-47-25-12-10-22-44(47)52/h1-33H. The van der Waals surface area contributed by atoms with E-state index in [1.807, 2.05) is 48.2 Å². The van der Waals surface area contributed by atoms with Gasteiger partial charge in [0.1, 0.15) is 0 Å². The second-order valence-electron chi connectivity index (χ2n) is 14.3. The minimum Gasteiger partial charge on any atom is -0.208 e. The Morgan fingerprint density at radius 1 is 0.286 bits per heavy atom. The second-order valence-corrected chi connectivity index (χ2v) is 15.4. The zero-order valence-electron chi connectivity index (χ0n) is 30.3. The van der Waals surface area contributed by atoms with Gasteiger partial charge in [-0.15, -0.1) is 0 Å². The van der Waals surface area contributed by atoms with Gasteiger partial charge < -0.3 is 0 Å². The van der Waals surface area contributed by atoms with Gasteiger partial charge in [0.15, 0.2) is 17.5 Å². The molecule has 0 radical (unpaired) electrons. The lowest BCUT2D eigenvalue weighted by atomic mass is 9.67. The van der Waals surface area contributed by atoms with Crippen LogP contribution in [0.25, 0.3) is 67.5 Å². The minimum absolute atomic E-state index is 0.408. The highest BCUT2D eigenvalue weighted by molar-refractivity contribution is 7.99. The molecule has 0 N–H and O–H groups in total. The summed E-state index contributed by atoms with van der Waals surface area (Å²) in [6.07, 6.45) is 0. The van der Waals surface area contributed by atoms with Gasteiger partial charge in [0.2, 0.25) is 0 Å². The van der Waals surface area contributed by atoms with E-state index in [4.69, 9.17) is 15.0 Å². The van der Waals surface area contributed by atoms with Crippen molar-refractivity contribution >= 4 is 11.8 Å². The molecule has 9 aromatic rings. The van der Waals surface area contributed by atoms with Crippen LogP contribution in [0.4, 0.5) is 0 Å². The monoisotopic (exact) mass is 731 g/mol. The lowest BCUT2D eigenvalue weighted by molar-refractivity contribution is 0.722. The van der Waals surface area contributed by atoms with E-state index < -0.39 is 5.41 Å². The summed E-state index contributed by atoms with van der Waals surface area (Å²) in [5.74, 6) is 1.94. The largest absolute Gasteiger partial charge is 0.208 e. The minimum atomic E-state index is -0.408. The highest BCUT2D eigenvalue weighted by atomic mass is 32.2. The fraction of sp³-hybridized carbons (Fsp3) is 0.0192. The summed E-state index contributed by atoms with van der Waals surface area (Å²) >= 11 is 1.87. The summed E-state index contributed by atoms with van der Waals surface area (Å²) in [4.78, 5) is 17.7. The van der Waals surface area contributed by atoms with Crippen LogP contribution in [0.15, 0.2) is 210 Å². The Morgan fingerprint density at radius 3 is 1.27 bits per heavy atom. The third kappa shape index (κ3) is 5.10. The van der Waals surface area contributed by atoms with Crippen LogP contribution in [0, 0.1) is 0 Å². The number of aromatic nitrogens is 3. The fourth-order valence-corrected chi connectivity index (χ4v) is 9.93. The maximum absolute atomic E-state index is 5.07. The summed E-state index contributed by atoms with van der Waals surface area (Å²) in [5.41, 5.74) is 15.0. The molecule has 8 aromatic carbocycles. The highest BCUT2D eigenvalue weighted by Gasteiger charge is 2.50. The Bertz CT molecular complexity index is 2880. The average Bonchev–Trinajstić information content (AvgIpc) is 3.58. The lowest BCUT2D eigenvalue weighted by Crippen LogP contribution is -2.31. The Morgan fingerprint density at radius 2 is 0.679 bits per heavy atom. The van der Waals surface area contributed by atoms with Crippen LogP contribution in [0.3, 0.4) is 0 Å². The molecule has 0 fully saturated rings. The Hall–Kier alpha value is -6.88. The molecule has 1 aromatic heterocycles. The molecule has 262 valence electrons. The van der Waals surface area contributed by atoms with Crippen LogP contribution < -0.4 is 0 Å². The molecule has 56 heavy (non-hydrogen) atoms. The van der Waals surface area contributed by atoms with Crippen molar-refractivity contribution in [2.75, 3.05) is 0 Å². The van der Waals surface area contributed by atoms with Crippen molar-refractivity contribution in [2.45, 2.75) is 15.2 Å². The first-order chi connectivity index (χ1) is 27.8. The van der Waals surface area contributed by atoms with Crippen LogP contribution in [0.2, 0.25) is 0 Å². The summed E-state index contributed by atoms with van der Waals surface area (Å²) in [6.45, 7) is 0. The zero-order valence-corrected chi connectivity index (χ0v) is 31.1. The van der Waals surface area contributed by atoms with E-state index >= 15 is 0 Å². The molecule has 11 rings (SSSR count). The molecular weight excluding hydrogens is 699 g/mol. The molecule has 0 bridgehead atoms. The smallest absolute Gasteiger partial charge is 0.164 e. The van der Waals surface area contributed by atoms with Gasteiger partial charge in [-0.05, 0) is 67.8 Å². The highest BCUT2D eigenvalue weighted by Crippen LogP contribution is 2.63. The van der Waals surface area contributed by atoms with E-state index in [0.717, 1.165) is 27.8 Å². The summed E-state index contributed by atoms with van der Waals surface area (Å²) in [5, 5.41) is 0. The molecule has 0 saturated carbocycles. The maximum atomic E-state index is 5.07. The molecule has 0 atom stereocenters. The number of hydrogen-bond donors (Lipinski definition) is 0. The summed E-state index contributed by atoms with van der Waals surface area (Å²) in [6, 6.07) is 71.5. The second kappa shape index (κ2) is 13.2. The summed E-state index contributed by atoms with van der Waals surface area (Å²) in [7, 11) is 0. The molecule has 3 nitrogen and oxygen atoms in total. The van der Waals surface area contributed by atoms with Crippen LogP contribution in [-0.4, -0.2) is 15.0 Å². The summed E-state index contributed by atoms with van der Waals surface area (Å²) < 4.78 is 0. The number of hydrogen-bond acceptors (Lipinski definition) is 4. The number of fused-ring (bicyclic) bond motifs is 9. The van der Waals surface area contributed by atoms with Gasteiger partial charge in [-0.25, -0.2) is 15.0 Å². The van der Waals surface area contributed by atoms with E-state index in [2.05, 4.69) is 164 Å². The van der Waals surface area contributed by atoms with Crippen molar-refractivity contribution in [3.8, 4) is 67.5 Å². The normalized spacial score (nSPS) is 13.1. The maximum Gasteiger partial charge on any atom is 0.164 e. The Kier molecular flexibility index (Phi) is 7.64. The third-order valence-electron chi connectivity index (χ3n) is 11.2. The lowest BCUT2D eigenvalue weighted by Gasteiger charge is -2.39. The first-order valence-electron chi connectivity index (χ1n) is 18.9. The molecule has 2 heterocycles. The van der Waals surface area contributed by atoms with Gasteiger partial charge in [0, 0.05) is 26.5 Å². The van der Waals surface area contributed by atoms with E-state index in [1.165, 1.54) is 54.3 Å². The zero-order chi connectivity index (χ0) is 37.1. The van der Waals surface area contributed by atoms with Gasteiger partial charge in [-0.1, -0.05) is 200 Å². The van der Waals surface area contributed by atoms with Gasteiger partial charge in [0.05, 0.1) is 5.41 Å². The molecule has 1 spiro atoms. The SMILES string of the molecule is c1ccc(-c2ccc(-c3nc(-c4ccccc4)nc(-c4ccc(-c5cccc6c5-c5ccccc5C65c6ccccc6Sc6ccccc65)cc4)n3)cc2)cc1. The van der Waals surface area contributed by atoms with Crippen LogP contribution in [-0.2, 0) is 5.41 Å². The van der Waals surface area contributed by atoms with Crippen molar-refractivity contribution in [3.05, 3.63) is 222 Å². The topological polar surface area (TPSA) is 38.7 Å². The van der Waals surface area contributed by atoms with Gasteiger partial charge >= 0.3 is 0 Å². The fourth-order valence-electron chi connectivity index (χ4n) is 8.74. The van der Waals surface area contributed by atoms with Gasteiger partial charge in [-0.3, -0.25) is 0 Å².